The van der Waals surface area contributed by atoms with Gasteiger partial charge in [0.15, 0.2) is 0 Å². The Morgan fingerprint density at radius 1 is 1.30 bits per heavy atom. The zero-order valence-corrected chi connectivity index (χ0v) is 14.1. The Balaban J connectivity index is 1.84. The summed E-state index contributed by atoms with van der Waals surface area (Å²) in [5.74, 6) is -0.395. The Labute approximate surface area is 136 Å². The number of carbonyl (C=O) groups excluding carboxylic acids is 1. The zero-order chi connectivity index (χ0) is 16.9. The van der Waals surface area contributed by atoms with E-state index in [-0.39, 0.29) is 17.2 Å². The van der Waals surface area contributed by atoms with Gasteiger partial charge in [0.25, 0.3) is 10.0 Å². The second kappa shape index (κ2) is 7.41. The molecule has 0 aliphatic carbocycles. The predicted molar refractivity (Wildman–Crippen MR) is 87.1 cm³/mol. The molecule has 0 aliphatic heterocycles. The Morgan fingerprint density at radius 2 is 2.00 bits per heavy atom. The number of hydrogen-bond acceptors (Lipinski definition) is 4. The largest absolute Gasteiger partial charge is 0.274 e. The van der Waals surface area contributed by atoms with Crippen LogP contribution in [0.1, 0.15) is 25.3 Å². The van der Waals surface area contributed by atoms with E-state index >= 15 is 0 Å². The van der Waals surface area contributed by atoms with Gasteiger partial charge in [0, 0.05) is 19.7 Å². The number of aromatic nitrogens is 2. The van der Waals surface area contributed by atoms with Crippen LogP contribution < -0.4 is 4.72 Å². The topological polar surface area (TPSA) is 81.1 Å². The second-order valence-electron chi connectivity index (χ2n) is 5.71. The molecule has 2 aromatic rings. The molecular weight excluding hydrogens is 314 g/mol. The molecule has 0 aliphatic rings. The van der Waals surface area contributed by atoms with E-state index in [0.29, 0.717) is 0 Å². The van der Waals surface area contributed by atoms with Gasteiger partial charge < -0.3 is 0 Å². The predicted octanol–water partition coefficient (Wildman–Crippen LogP) is 1.88. The van der Waals surface area contributed by atoms with E-state index in [9.17, 15) is 13.2 Å². The summed E-state index contributed by atoms with van der Waals surface area (Å²) >= 11 is 0. The first-order chi connectivity index (χ1) is 10.9. The quantitative estimate of drug-likeness (QED) is 0.838. The van der Waals surface area contributed by atoms with Crippen LogP contribution >= 0.6 is 0 Å². The Morgan fingerprint density at radius 3 is 2.61 bits per heavy atom. The summed E-state index contributed by atoms with van der Waals surface area (Å²) in [7, 11) is -2.22. The molecule has 1 N–H and O–H groups in total. The van der Waals surface area contributed by atoms with Gasteiger partial charge in [-0.05, 0) is 24.3 Å². The van der Waals surface area contributed by atoms with Crippen molar-refractivity contribution >= 4 is 15.9 Å². The van der Waals surface area contributed by atoms with E-state index in [4.69, 9.17) is 0 Å². The Bertz CT molecular complexity index is 754. The van der Waals surface area contributed by atoms with Crippen molar-refractivity contribution in [1.29, 1.82) is 0 Å². The summed E-state index contributed by atoms with van der Waals surface area (Å²) in [5.41, 5.74) is 1.21. The maximum Gasteiger partial charge on any atom is 0.267 e. The molecule has 23 heavy (non-hydrogen) atoms. The van der Waals surface area contributed by atoms with Gasteiger partial charge in [-0.2, -0.15) is 5.10 Å². The van der Waals surface area contributed by atoms with Crippen LogP contribution in [0, 0.1) is 5.92 Å². The first-order valence-electron chi connectivity index (χ1n) is 7.45. The summed E-state index contributed by atoms with van der Waals surface area (Å²) in [6, 6.07) is 10.0. The number of nitrogens with zero attached hydrogens (tertiary/aromatic N) is 2. The minimum Gasteiger partial charge on any atom is -0.274 e. The summed E-state index contributed by atoms with van der Waals surface area (Å²) in [6.07, 6.45) is 4.43. The fourth-order valence-electron chi connectivity index (χ4n) is 2.26. The van der Waals surface area contributed by atoms with Crippen molar-refractivity contribution < 1.29 is 13.2 Å². The number of rotatable bonds is 7. The maximum absolute atomic E-state index is 12.0. The van der Waals surface area contributed by atoms with Crippen LogP contribution in [0.4, 0.5) is 0 Å². The first kappa shape index (κ1) is 17.2. The Kier molecular flexibility index (Phi) is 5.54. The highest BCUT2D eigenvalue weighted by Gasteiger charge is 2.20. The fraction of sp³-hybridized carbons (Fsp3) is 0.375. The zero-order valence-electron chi connectivity index (χ0n) is 13.3. The second-order valence-corrected chi connectivity index (χ2v) is 7.39. The summed E-state index contributed by atoms with van der Waals surface area (Å²) in [4.78, 5) is 11.9. The van der Waals surface area contributed by atoms with Crippen LogP contribution in [0.5, 0.6) is 0 Å². The van der Waals surface area contributed by atoms with E-state index < -0.39 is 15.9 Å². The third-order valence-electron chi connectivity index (χ3n) is 3.54. The minimum atomic E-state index is -3.83. The SMILES string of the molecule is C[C@H](CCc1ccccc1)CC(=O)NS(=O)(=O)c1cnn(C)c1. The average Bonchev–Trinajstić information content (AvgIpc) is 2.93. The van der Waals surface area contributed by atoms with Crippen molar-refractivity contribution in [3.05, 3.63) is 48.3 Å². The molecule has 1 amide bonds. The molecule has 1 heterocycles. The first-order valence-corrected chi connectivity index (χ1v) is 8.93. The van der Waals surface area contributed by atoms with Crippen molar-refractivity contribution in [2.75, 3.05) is 0 Å². The monoisotopic (exact) mass is 335 g/mol. The lowest BCUT2D eigenvalue weighted by Gasteiger charge is -2.11. The third-order valence-corrected chi connectivity index (χ3v) is 4.87. The molecule has 0 radical (unpaired) electrons. The summed E-state index contributed by atoms with van der Waals surface area (Å²) in [5, 5.41) is 3.80. The molecule has 0 unspecified atom stereocenters. The van der Waals surface area contributed by atoms with Gasteiger partial charge in [0.2, 0.25) is 5.91 Å². The Hall–Kier alpha value is -2.15. The smallest absolute Gasteiger partial charge is 0.267 e. The van der Waals surface area contributed by atoms with E-state index in [0.717, 1.165) is 12.8 Å². The number of benzene rings is 1. The van der Waals surface area contributed by atoms with Crippen LogP contribution in [0.15, 0.2) is 47.6 Å². The van der Waals surface area contributed by atoms with Crippen molar-refractivity contribution in [1.82, 2.24) is 14.5 Å². The van der Waals surface area contributed by atoms with E-state index in [1.165, 1.54) is 22.6 Å². The number of carbonyl (C=O) groups is 1. The van der Waals surface area contributed by atoms with Gasteiger partial charge in [-0.1, -0.05) is 37.3 Å². The lowest BCUT2D eigenvalue weighted by molar-refractivity contribution is -0.120. The molecule has 0 bridgehead atoms. The van der Waals surface area contributed by atoms with Gasteiger partial charge in [-0.25, -0.2) is 13.1 Å². The number of nitrogens with one attached hydrogen (secondary N) is 1. The van der Waals surface area contributed by atoms with Crippen LogP contribution in [-0.4, -0.2) is 24.1 Å². The highest BCUT2D eigenvalue weighted by atomic mass is 32.2. The fourth-order valence-corrected chi connectivity index (χ4v) is 3.24. The maximum atomic E-state index is 12.0. The van der Waals surface area contributed by atoms with Crippen LogP contribution in [0.3, 0.4) is 0 Å². The number of aryl methyl sites for hydroxylation is 2. The highest BCUT2D eigenvalue weighted by Crippen LogP contribution is 2.14. The lowest BCUT2D eigenvalue weighted by atomic mass is 9.98. The molecule has 2 rings (SSSR count). The van der Waals surface area contributed by atoms with Crippen molar-refractivity contribution in [3.8, 4) is 0 Å². The molecule has 124 valence electrons. The van der Waals surface area contributed by atoms with E-state index in [1.54, 1.807) is 7.05 Å². The molecule has 7 heteroatoms. The molecule has 1 atom stereocenters. The van der Waals surface area contributed by atoms with Crippen molar-refractivity contribution in [3.63, 3.8) is 0 Å². The molecule has 0 spiro atoms. The number of sulfonamides is 1. The van der Waals surface area contributed by atoms with Crippen LogP contribution in [0.2, 0.25) is 0 Å². The lowest BCUT2D eigenvalue weighted by Crippen LogP contribution is -2.31. The van der Waals surface area contributed by atoms with Gasteiger partial charge in [-0.3, -0.25) is 9.48 Å². The number of amides is 1. The molecule has 6 nitrogen and oxygen atoms in total. The van der Waals surface area contributed by atoms with Gasteiger partial charge >= 0.3 is 0 Å². The molecular formula is C16H21N3O3S. The summed E-state index contributed by atoms with van der Waals surface area (Å²) < 4.78 is 27.5. The van der Waals surface area contributed by atoms with Crippen molar-refractivity contribution in [2.45, 2.75) is 31.1 Å². The van der Waals surface area contributed by atoms with Crippen LogP contribution in [-0.2, 0) is 28.3 Å². The normalized spacial score (nSPS) is 12.8. The minimum absolute atomic E-state index is 0.00899. The highest BCUT2D eigenvalue weighted by molar-refractivity contribution is 7.90. The molecule has 1 aromatic carbocycles. The number of hydrogen-bond donors (Lipinski definition) is 1. The average molecular weight is 335 g/mol. The standard InChI is InChI=1S/C16H21N3O3S/c1-13(8-9-14-6-4-3-5-7-14)10-16(20)18-23(21,22)15-11-17-19(2)12-15/h3-7,11-13H,8-10H2,1-2H3,(H,18,20)/t13-/m1/s1. The molecule has 0 saturated heterocycles. The van der Waals surface area contributed by atoms with Gasteiger partial charge in [-0.15, -0.1) is 0 Å². The summed E-state index contributed by atoms with van der Waals surface area (Å²) in [6.45, 7) is 1.94. The third kappa shape index (κ3) is 5.21. The van der Waals surface area contributed by atoms with Crippen molar-refractivity contribution in [2.24, 2.45) is 13.0 Å². The van der Waals surface area contributed by atoms with Gasteiger partial charge in [0.1, 0.15) is 4.90 Å². The molecule has 0 saturated carbocycles. The van der Waals surface area contributed by atoms with Crippen LogP contribution in [0.25, 0.3) is 0 Å². The van der Waals surface area contributed by atoms with Gasteiger partial charge in [0.05, 0.1) is 6.20 Å². The molecule has 0 fully saturated rings. The van der Waals surface area contributed by atoms with E-state index in [1.807, 2.05) is 37.3 Å². The van der Waals surface area contributed by atoms with E-state index in [2.05, 4.69) is 9.82 Å². The molecule has 1 aromatic heterocycles.